The Bertz CT molecular complexity index is 1720. The van der Waals surface area contributed by atoms with Crippen molar-refractivity contribution in [3.63, 3.8) is 0 Å². The van der Waals surface area contributed by atoms with Crippen LogP contribution in [0.25, 0.3) is 0 Å². The monoisotopic (exact) mass is 690 g/mol. The third kappa shape index (κ3) is 9.29. The van der Waals surface area contributed by atoms with Crippen molar-refractivity contribution in [3.8, 4) is 23.0 Å². The maximum absolute atomic E-state index is 11.7. The number of nitrogens with two attached hydrogens (primary N) is 4. The molecule has 1 aliphatic rings. The van der Waals surface area contributed by atoms with Crippen LogP contribution >= 0.6 is 0 Å². The van der Waals surface area contributed by atoms with E-state index in [0.29, 0.717) is 96.6 Å². The Morgan fingerprint density at radius 1 is 0.500 bits per heavy atom. The molecule has 4 aromatic rings. The van der Waals surface area contributed by atoms with Crippen LogP contribution in [0.1, 0.15) is 84.5 Å². The van der Waals surface area contributed by atoms with Crippen molar-refractivity contribution in [3.05, 3.63) is 93.0 Å². The van der Waals surface area contributed by atoms with E-state index in [1.807, 2.05) is 50.2 Å². The third-order valence-electron chi connectivity index (χ3n) is 8.27. The fourth-order valence-corrected chi connectivity index (χ4v) is 6.48. The number of nitrogen functional groups attached to an aromatic ring is 4. The number of ether oxygens (including phenoxy) is 4. The van der Waals surface area contributed by atoms with Gasteiger partial charge in [0.05, 0.1) is 25.8 Å². The second kappa shape index (κ2) is 17.6. The van der Waals surface area contributed by atoms with E-state index in [-0.39, 0.29) is 29.6 Å². The summed E-state index contributed by atoms with van der Waals surface area (Å²) in [6, 6.07) is 15.1. The van der Waals surface area contributed by atoms with Gasteiger partial charge in [-0.1, -0.05) is 20.8 Å². The summed E-state index contributed by atoms with van der Waals surface area (Å²) in [5, 5.41) is 11.7. The van der Waals surface area contributed by atoms with Gasteiger partial charge in [0, 0.05) is 92.9 Å². The Morgan fingerprint density at radius 2 is 0.720 bits per heavy atom. The maximum atomic E-state index is 11.7. The molecule has 0 fully saturated rings. The molecular formula is C39H47N4NaO6. The molecule has 1 aliphatic carbocycles. The van der Waals surface area contributed by atoms with E-state index in [1.54, 1.807) is 12.1 Å². The smallest absolute Gasteiger partial charge is 0.546 e. The number of carboxylic acid groups (broad SMARTS) is 1. The van der Waals surface area contributed by atoms with Gasteiger partial charge in [-0.2, -0.15) is 0 Å². The first-order valence-corrected chi connectivity index (χ1v) is 17.0. The van der Waals surface area contributed by atoms with Crippen LogP contribution in [-0.2, 0) is 30.5 Å². The predicted octanol–water partition coefficient (Wildman–Crippen LogP) is 2.19. The molecule has 0 atom stereocenters. The minimum Gasteiger partial charge on any atom is -0.546 e. The number of anilines is 4. The zero-order valence-electron chi connectivity index (χ0n) is 29.7. The summed E-state index contributed by atoms with van der Waals surface area (Å²) in [6.45, 7) is 7.03. The van der Waals surface area contributed by atoms with Gasteiger partial charge in [-0.25, -0.2) is 0 Å². The number of aliphatic carboxylic acids is 1. The number of fused-ring (bicyclic) bond motifs is 8. The number of carbonyl (C=O) groups is 1. The van der Waals surface area contributed by atoms with Crippen molar-refractivity contribution in [2.45, 2.75) is 65.7 Å². The van der Waals surface area contributed by atoms with E-state index in [9.17, 15) is 9.90 Å². The van der Waals surface area contributed by atoms with Crippen molar-refractivity contribution in [1.29, 1.82) is 0 Å². The summed E-state index contributed by atoms with van der Waals surface area (Å²) in [4.78, 5) is 11.7. The summed E-state index contributed by atoms with van der Waals surface area (Å²) < 4.78 is 25.4. The fourth-order valence-electron chi connectivity index (χ4n) is 6.48. The summed E-state index contributed by atoms with van der Waals surface area (Å²) in [5.74, 6) is 1.20. The van der Waals surface area contributed by atoms with Gasteiger partial charge in [-0.15, -0.1) is 0 Å². The van der Waals surface area contributed by atoms with Gasteiger partial charge in [0.1, 0.15) is 29.6 Å². The zero-order valence-corrected chi connectivity index (χ0v) is 31.7. The molecule has 0 spiro atoms. The maximum Gasteiger partial charge on any atom is 1.00 e. The third-order valence-corrected chi connectivity index (χ3v) is 8.27. The van der Waals surface area contributed by atoms with Crippen LogP contribution in [0.15, 0.2) is 48.5 Å². The molecule has 0 radical (unpaired) electrons. The van der Waals surface area contributed by atoms with E-state index in [2.05, 4.69) is 6.92 Å². The molecule has 50 heavy (non-hydrogen) atoms. The van der Waals surface area contributed by atoms with Crippen molar-refractivity contribution in [2.75, 3.05) is 49.4 Å². The number of rotatable bonds is 12. The summed E-state index contributed by atoms with van der Waals surface area (Å²) in [6.07, 6.45) is 3.90. The normalized spacial score (nSPS) is 12.1. The zero-order chi connectivity index (χ0) is 35.1. The first kappa shape index (κ1) is 38.6. The number of carboxylic acids is 1. The van der Waals surface area contributed by atoms with Crippen LogP contribution in [0.3, 0.4) is 0 Å². The summed E-state index contributed by atoms with van der Waals surface area (Å²) in [7, 11) is 0. The Kier molecular flexibility index (Phi) is 13.6. The Hall–Kier alpha value is -4.25. The second-order valence-electron chi connectivity index (χ2n) is 12.6. The molecule has 5 rings (SSSR count). The van der Waals surface area contributed by atoms with E-state index in [4.69, 9.17) is 41.9 Å². The van der Waals surface area contributed by atoms with E-state index in [0.717, 1.165) is 58.4 Å². The quantitative estimate of drug-likeness (QED) is 0.112. The van der Waals surface area contributed by atoms with Gasteiger partial charge in [-0.3, -0.25) is 0 Å². The average Bonchev–Trinajstić information content (AvgIpc) is 3.02. The summed E-state index contributed by atoms with van der Waals surface area (Å²) in [5.41, 5.74) is 34.9. The predicted molar refractivity (Wildman–Crippen MR) is 193 cm³/mol. The summed E-state index contributed by atoms with van der Waals surface area (Å²) >= 11 is 0. The molecule has 0 saturated carbocycles. The molecule has 0 aromatic heterocycles. The van der Waals surface area contributed by atoms with Crippen molar-refractivity contribution < 1.29 is 58.4 Å². The number of hydrogen-bond acceptors (Lipinski definition) is 10. The average molecular weight is 691 g/mol. The fraction of sp³-hybridized carbons (Fsp3) is 0.359. The van der Waals surface area contributed by atoms with Gasteiger partial charge < -0.3 is 51.8 Å². The molecule has 260 valence electrons. The van der Waals surface area contributed by atoms with Crippen LogP contribution in [0.2, 0.25) is 0 Å². The first-order valence-electron chi connectivity index (χ1n) is 17.0. The van der Waals surface area contributed by atoms with Crippen molar-refractivity contribution in [1.82, 2.24) is 0 Å². The van der Waals surface area contributed by atoms with E-state index in [1.165, 1.54) is 0 Å². The first-order chi connectivity index (χ1) is 23.6. The standard InChI is InChI=1S/C39H48N4O6.Na/c1-4-7-46-36-23-10-25-16-32(41)18-27(37(25)47-8-5-2)12-29-20-34(43)21-30(39(29)49-22-35(44)45)13-28-19-33(42)17-26(38(28)48-9-6-3)11-24(36)15-31(40)14-23;/h14-21H,4-13,22,40-43H2,1-3H3,(H,44,45);/q;+1/p-1. The molecule has 8 N–H and O–H groups in total. The largest absolute Gasteiger partial charge is 1.00 e. The second-order valence-corrected chi connectivity index (χ2v) is 12.6. The van der Waals surface area contributed by atoms with Crippen LogP contribution in [0.5, 0.6) is 23.0 Å². The minimum absolute atomic E-state index is 0. The van der Waals surface area contributed by atoms with Gasteiger partial charge in [0.25, 0.3) is 0 Å². The molecule has 0 heterocycles. The van der Waals surface area contributed by atoms with Crippen LogP contribution < -0.4 is 76.5 Å². The van der Waals surface area contributed by atoms with Crippen molar-refractivity contribution in [2.24, 2.45) is 0 Å². The van der Waals surface area contributed by atoms with Crippen molar-refractivity contribution >= 4 is 28.7 Å². The Balaban J connectivity index is 0.00000562. The van der Waals surface area contributed by atoms with Crippen LogP contribution in [0, 0.1) is 0 Å². The van der Waals surface area contributed by atoms with Crippen LogP contribution in [-0.4, -0.2) is 32.4 Å². The Morgan fingerprint density at radius 3 is 0.920 bits per heavy atom. The van der Waals surface area contributed by atoms with E-state index >= 15 is 0 Å². The number of hydrogen-bond donors (Lipinski definition) is 4. The molecule has 0 aliphatic heterocycles. The Labute approximate surface area is 316 Å². The molecule has 0 unspecified atom stereocenters. The molecule has 4 aromatic carbocycles. The molecular weight excluding hydrogens is 643 g/mol. The molecule has 8 bridgehead atoms. The SMILES string of the molecule is CCCOc1c2cc(N)cc1Cc1cc(N)cc(c1OCCC)Cc1cc(N)cc(c1OCC(=O)[O-])Cc1cc(N)cc(c1OCCC)C2.[Na+]. The molecule has 10 nitrogen and oxygen atoms in total. The van der Waals surface area contributed by atoms with Gasteiger partial charge in [0.2, 0.25) is 0 Å². The molecule has 0 saturated heterocycles. The number of benzene rings is 4. The van der Waals surface area contributed by atoms with Gasteiger partial charge >= 0.3 is 29.6 Å². The van der Waals surface area contributed by atoms with E-state index < -0.39 is 12.6 Å². The van der Waals surface area contributed by atoms with Gasteiger partial charge in [0.15, 0.2) is 0 Å². The van der Waals surface area contributed by atoms with Crippen LogP contribution in [0.4, 0.5) is 22.7 Å². The molecule has 11 heteroatoms. The van der Waals surface area contributed by atoms with Gasteiger partial charge in [-0.05, 0) is 67.8 Å². The molecule has 0 amide bonds. The topological polar surface area (TPSA) is 181 Å². The number of carbonyl (C=O) groups excluding carboxylic acids is 1. The minimum atomic E-state index is -1.34.